The molecule has 0 N–H and O–H groups in total. The van der Waals surface area contributed by atoms with Crippen molar-refractivity contribution in [3.05, 3.63) is 42.5 Å². The fourth-order valence-corrected chi connectivity index (χ4v) is 2.62. The lowest BCUT2D eigenvalue weighted by atomic mass is 10.2. The molecule has 1 aliphatic heterocycles. The van der Waals surface area contributed by atoms with E-state index in [1.54, 1.807) is 24.8 Å². The Bertz CT molecular complexity index is 692. The van der Waals surface area contributed by atoms with Crippen LogP contribution in [0.1, 0.15) is 12.0 Å². The molecule has 0 bridgehead atoms. The Hall–Kier alpha value is -2.70. The van der Waals surface area contributed by atoms with Gasteiger partial charge in [0, 0.05) is 39.5 Å². The molecule has 126 valence electrons. The highest BCUT2D eigenvalue weighted by molar-refractivity contribution is 5.79. The minimum absolute atomic E-state index is 0.0467. The molecule has 0 radical (unpaired) electrons. The van der Waals surface area contributed by atoms with E-state index >= 15 is 0 Å². The van der Waals surface area contributed by atoms with Crippen molar-refractivity contribution in [3.63, 3.8) is 0 Å². The topological polar surface area (TPSA) is 71.5 Å². The summed E-state index contributed by atoms with van der Waals surface area (Å²) in [5.74, 6) is 1.34. The first-order valence-electron chi connectivity index (χ1n) is 7.94. The van der Waals surface area contributed by atoms with E-state index in [9.17, 15) is 4.79 Å². The lowest BCUT2D eigenvalue weighted by Gasteiger charge is -2.17. The third-order valence-corrected chi connectivity index (χ3v) is 3.92. The molecule has 0 aromatic carbocycles. The Balaban J connectivity index is 1.55. The molecule has 0 saturated carbocycles. The van der Waals surface area contributed by atoms with Gasteiger partial charge in [-0.1, -0.05) is 6.07 Å². The average molecular weight is 327 g/mol. The molecule has 1 fully saturated rings. The van der Waals surface area contributed by atoms with Crippen LogP contribution in [0.2, 0.25) is 0 Å². The Morgan fingerprint density at radius 2 is 2.21 bits per heavy atom. The molecule has 1 amide bonds. The van der Waals surface area contributed by atoms with Crippen molar-refractivity contribution in [2.24, 2.45) is 0 Å². The van der Waals surface area contributed by atoms with E-state index in [2.05, 4.69) is 15.0 Å². The average Bonchev–Trinajstić information content (AvgIpc) is 3.04. The van der Waals surface area contributed by atoms with Crippen molar-refractivity contribution in [1.29, 1.82) is 0 Å². The molecule has 2 aromatic rings. The van der Waals surface area contributed by atoms with Gasteiger partial charge in [0.1, 0.15) is 6.10 Å². The minimum Gasteiger partial charge on any atom is -0.471 e. The van der Waals surface area contributed by atoms with Gasteiger partial charge in [0.2, 0.25) is 11.8 Å². The van der Waals surface area contributed by atoms with Gasteiger partial charge in [-0.15, -0.1) is 0 Å². The monoisotopic (exact) mass is 327 g/mol. The zero-order valence-electron chi connectivity index (χ0n) is 13.9. The van der Waals surface area contributed by atoms with E-state index in [1.165, 1.54) is 0 Å². The standard InChI is InChI=1S/C17H21N5O2/c1-21(2)15-10-19-11-16(20-15)24-14-5-7-22(12-14)17(23)8-13-4-3-6-18-9-13/h3-4,6,9-11,14H,5,7-8,12H2,1-2H3. The van der Waals surface area contributed by atoms with E-state index in [4.69, 9.17) is 4.74 Å². The van der Waals surface area contributed by atoms with E-state index in [0.717, 1.165) is 17.8 Å². The second-order valence-electron chi connectivity index (χ2n) is 6.02. The Morgan fingerprint density at radius 3 is 2.96 bits per heavy atom. The molecule has 3 rings (SSSR count). The number of carbonyl (C=O) groups excluding carboxylic acids is 1. The third kappa shape index (κ3) is 3.98. The van der Waals surface area contributed by atoms with Crippen LogP contribution in [0.4, 0.5) is 5.82 Å². The molecule has 24 heavy (non-hydrogen) atoms. The number of pyridine rings is 1. The van der Waals surface area contributed by atoms with Crippen molar-refractivity contribution in [2.45, 2.75) is 18.9 Å². The van der Waals surface area contributed by atoms with Gasteiger partial charge in [-0.25, -0.2) is 0 Å². The number of amides is 1. The molecule has 1 atom stereocenters. The maximum absolute atomic E-state index is 12.4. The van der Waals surface area contributed by atoms with Crippen LogP contribution in [0.25, 0.3) is 0 Å². The number of hydrogen-bond acceptors (Lipinski definition) is 6. The second kappa shape index (κ2) is 7.25. The summed E-state index contributed by atoms with van der Waals surface area (Å²) in [7, 11) is 3.81. The van der Waals surface area contributed by atoms with Crippen LogP contribution in [0, 0.1) is 0 Å². The number of carbonyl (C=O) groups is 1. The number of nitrogens with zero attached hydrogens (tertiary/aromatic N) is 5. The lowest BCUT2D eigenvalue weighted by Crippen LogP contribution is -2.32. The summed E-state index contributed by atoms with van der Waals surface area (Å²) < 4.78 is 5.89. The maximum atomic E-state index is 12.4. The van der Waals surface area contributed by atoms with Crippen LogP contribution in [0.3, 0.4) is 0 Å². The van der Waals surface area contributed by atoms with Crippen molar-refractivity contribution >= 4 is 11.7 Å². The van der Waals surface area contributed by atoms with E-state index < -0.39 is 0 Å². The number of rotatable bonds is 5. The van der Waals surface area contributed by atoms with Crippen LogP contribution in [-0.2, 0) is 11.2 Å². The highest BCUT2D eigenvalue weighted by Gasteiger charge is 2.28. The molecule has 1 aliphatic rings. The molecule has 7 heteroatoms. The normalized spacial score (nSPS) is 16.9. The highest BCUT2D eigenvalue weighted by atomic mass is 16.5. The van der Waals surface area contributed by atoms with Crippen molar-refractivity contribution < 1.29 is 9.53 Å². The van der Waals surface area contributed by atoms with Crippen LogP contribution in [0.15, 0.2) is 36.9 Å². The Morgan fingerprint density at radius 1 is 1.33 bits per heavy atom. The Labute approximate surface area is 141 Å². The minimum atomic E-state index is -0.0467. The summed E-state index contributed by atoms with van der Waals surface area (Å²) in [6.07, 6.45) is 7.84. The molecule has 3 heterocycles. The number of ether oxygens (including phenoxy) is 1. The van der Waals surface area contributed by atoms with Gasteiger partial charge < -0.3 is 14.5 Å². The van der Waals surface area contributed by atoms with Crippen LogP contribution in [-0.4, -0.2) is 59.0 Å². The summed E-state index contributed by atoms with van der Waals surface area (Å²) in [5.41, 5.74) is 0.927. The van der Waals surface area contributed by atoms with Gasteiger partial charge in [0.15, 0.2) is 5.82 Å². The largest absolute Gasteiger partial charge is 0.471 e. The first kappa shape index (κ1) is 16.2. The van der Waals surface area contributed by atoms with Crippen molar-refractivity contribution in [3.8, 4) is 5.88 Å². The van der Waals surface area contributed by atoms with Crippen LogP contribution in [0.5, 0.6) is 5.88 Å². The molecule has 7 nitrogen and oxygen atoms in total. The van der Waals surface area contributed by atoms with E-state index in [0.29, 0.717) is 25.4 Å². The first-order chi connectivity index (χ1) is 11.6. The smallest absolute Gasteiger partial charge is 0.234 e. The summed E-state index contributed by atoms with van der Waals surface area (Å²) in [6, 6.07) is 3.76. The zero-order chi connectivity index (χ0) is 16.9. The fourth-order valence-electron chi connectivity index (χ4n) is 2.62. The quantitative estimate of drug-likeness (QED) is 0.821. The molecule has 2 aromatic heterocycles. The highest BCUT2D eigenvalue weighted by Crippen LogP contribution is 2.18. The predicted octanol–water partition coefficient (Wildman–Crippen LogP) is 1.16. The van der Waals surface area contributed by atoms with Gasteiger partial charge in [-0.2, -0.15) is 4.98 Å². The van der Waals surface area contributed by atoms with Gasteiger partial charge in [0.25, 0.3) is 0 Å². The van der Waals surface area contributed by atoms with Gasteiger partial charge in [-0.3, -0.25) is 14.8 Å². The number of aromatic nitrogens is 3. The Kier molecular flexibility index (Phi) is 4.88. The zero-order valence-corrected chi connectivity index (χ0v) is 13.9. The van der Waals surface area contributed by atoms with E-state index in [1.807, 2.05) is 36.0 Å². The van der Waals surface area contributed by atoms with Gasteiger partial charge in [-0.05, 0) is 11.6 Å². The summed E-state index contributed by atoms with van der Waals surface area (Å²) >= 11 is 0. The summed E-state index contributed by atoms with van der Waals surface area (Å²) in [5, 5.41) is 0. The third-order valence-electron chi connectivity index (χ3n) is 3.92. The van der Waals surface area contributed by atoms with Gasteiger partial charge >= 0.3 is 0 Å². The lowest BCUT2D eigenvalue weighted by molar-refractivity contribution is -0.129. The summed E-state index contributed by atoms with van der Waals surface area (Å²) in [6.45, 7) is 1.28. The molecular formula is C17H21N5O2. The number of likely N-dealkylation sites (tertiary alicyclic amines) is 1. The van der Waals surface area contributed by atoms with Crippen LogP contribution < -0.4 is 9.64 Å². The predicted molar refractivity (Wildman–Crippen MR) is 89.9 cm³/mol. The van der Waals surface area contributed by atoms with Crippen molar-refractivity contribution in [2.75, 3.05) is 32.1 Å². The number of anilines is 1. The molecule has 1 unspecified atom stereocenters. The molecule has 1 saturated heterocycles. The fraction of sp³-hybridized carbons (Fsp3) is 0.412. The maximum Gasteiger partial charge on any atom is 0.234 e. The summed E-state index contributed by atoms with van der Waals surface area (Å²) in [4.78, 5) is 28.7. The van der Waals surface area contributed by atoms with E-state index in [-0.39, 0.29) is 12.0 Å². The van der Waals surface area contributed by atoms with Crippen LogP contribution >= 0.6 is 0 Å². The second-order valence-corrected chi connectivity index (χ2v) is 6.02. The molecule has 0 spiro atoms. The number of hydrogen-bond donors (Lipinski definition) is 0. The van der Waals surface area contributed by atoms with Gasteiger partial charge in [0.05, 0.1) is 25.4 Å². The molecule has 0 aliphatic carbocycles. The SMILES string of the molecule is CN(C)c1cncc(OC2CCN(C(=O)Cc3cccnc3)C2)n1. The molecular weight excluding hydrogens is 306 g/mol. The van der Waals surface area contributed by atoms with Crippen molar-refractivity contribution in [1.82, 2.24) is 19.9 Å². The first-order valence-corrected chi connectivity index (χ1v) is 7.94.